The highest BCUT2D eigenvalue weighted by Crippen LogP contribution is 2.37. The molecular formula is C11H19NO2. The fourth-order valence-electron chi connectivity index (χ4n) is 2.31. The van der Waals surface area contributed by atoms with Crippen molar-refractivity contribution in [2.45, 2.75) is 38.7 Å². The van der Waals surface area contributed by atoms with E-state index in [1.165, 1.54) is 0 Å². The zero-order valence-electron chi connectivity index (χ0n) is 8.70. The van der Waals surface area contributed by atoms with E-state index in [-0.39, 0.29) is 17.9 Å². The number of aliphatic hydroxyl groups excluding tert-OH is 1. The van der Waals surface area contributed by atoms with Crippen LogP contribution in [0.1, 0.15) is 32.6 Å². The monoisotopic (exact) mass is 197 g/mol. The fourth-order valence-corrected chi connectivity index (χ4v) is 2.31. The second-order valence-corrected chi connectivity index (χ2v) is 4.82. The van der Waals surface area contributed by atoms with Crippen molar-refractivity contribution in [3.05, 3.63) is 0 Å². The first-order valence-electron chi connectivity index (χ1n) is 5.64. The highest BCUT2D eigenvalue weighted by Gasteiger charge is 2.39. The van der Waals surface area contributed by atoms with Crippen LogP contribution in [-0.2, 0) is 4.79 Å². The van der Waals surface area contributed by atoms with Gasteiger partial charge in [-0.1, -0.05) is 13.3 Å². The number of amides is 1. The Morgan fingerprint density at radius 3 is 2.71 bits per heavy atom. The summed E-state index contributed by atoms with van der Waals surface area (Å²) in [4.78, 5) is 11.5. The van der Waals surface area contributed by atoms with Gasteiger partial charge in [-0.05, 0) is 25.2 Å². The Morgan fingerprint density at radius 2 is 2.21 bits per heavy atom. The molecule has 0 aromatic heterocycles. The highest BCUT2D eigenvalue weighted by molar-refractivity contribution is 5.81. The number of hydrogen-bond donors (Lipinski definition) is 2. The molecule has 0 heterocycles. The number of nitrogens with one attached hydrogen (secondary N) is 1. The Morgan fingerprint density at radius 1 is 1.50 bits per heavy atom. The van der Waals surface area contributed by atoms with Gasteiger partial charge < -0.3 is 10.4 Å². The van der Waals surface area contributed by atoms with Gasteiger partial charge in [0, 0.05) is 18.4 Å². The minimum absolute atomic E-state index is 0.188. The first-order valence-corrected chi connectivity index (χ1v) is 5.64. The van der Waals surface area contributed by atoms with E-state index >= 15 is 0 Å². The van der Waals surface area contributed by atoms with Gasteiger partial charge in [0.05, 0.1) is 6.10 Å². The highest BCUT2D eigenvalue weighted by atomic mass is 16.3. The van der Waals surface area contributed by atoms with E-state index in [1.54, 1.807) is 0 Å². The van der Waals surface area contributed by atoms with E-state index < -0.39 is 0 Å². The Kier molecular flexibility index (Phi) is 2.77. The second-order valence-electron chi connectivity index (χ2n) is 4.82. The summed E-state index contributed by atoms with van der Waals surface area (Å²) in [5.74, 6) is 1.32. The van der Waals surface area contributed by atoms with E-state index in [9.17, 15) is 9.90 Å². The minimum Gasteiger partial charge on any atom is -0.393 e. The Balaban J connectivity index is 1.69. The van der Waals surface area contributed by atoms with Gasteiger partial charge in [0.15, 0.2) is 0 Å². The average molecular weight is 197 g/mol. The lowest BCUT2D eigenvalue weighted by Crippen LogP contribution is -2.33. The maximum atomic E-state index is 11.5. The van der Waals surface area contributed by atoms with E-state index in [2.05, 4.69) is 12.2 Å². The van der Waals surface area contributed by atoms with Gasteiger partial charge in [0.25, 0.3) is 0 Å². The third-order valence-electron chi connectivity index (χ3n) is 3.60. The molecule has 14 heavy (non-hydrogen) atoms. The van der Waals surface area contributed by atoms with Crippen LogP contribution in [0.5, 0.6) is 0 Å². The molecule has 2 N–H and O–H groups in total. The van der Waals surface area contributed by atoms with Crippen LogP contribution in [0.2, 0.25) is 0 Å². The van der Waals surface area contributed by atoms with Crippen molar-refractivity contribution in [3.8, 4) is 0 Å². The SMILES string of the molecule is CC1CC1C(=O)NCC1CCCC1O. The van der Waals surface area contributed by atoms with Crippen molar-refractivity contribution in [3.63, 3.8) is 0 Å². The van der Waals surface area contributed by atoms with Crippen molar-refractivity contribution in [1.29, 1.82) is 0 Å². The number of carbonyl (C=O) groups is 1. The number of aliphatic hydroxyl groups is 1. The topological polar surface area (TPSA) is 49.3 Å². The van der Waals surface area contributed by atoms with Gasteiger partial charge in [-0.25, -0.2) is 0 Å². The lowest BCUT2D eigenvalue weighted by Gasteiger charge is -2.14. The quantitative estimate of drug-likeness (QED) is 0.707. The van der Waals surface area contributed by atoms with Gasteiger partial charge in [-0.3, -0.25) is 4.79 Å². The van der Waals surface area contributed by atoms with Gasteiger partial charge in [0.1, 0.15) is 0 Å². The lowest BCUT2D eigenvalue weighted by molar-refractivity contribution is -0.122. The molecule has 4 unspecified atom stereocenters. The molecule has 0 radical (unpaired) electrons. The van der Waals surface area contributed by atoms with Gasteiger partial charge in [0.2, 0.25) is 5.91 Å². The van der Waals surface area contributed by atoms with Gasteiger partial charge in [-0.15, -0.1) is 0 Å². The molecule has 0 spiro atoms. The number of carbonyl (C=O) groups excluding carboxylic acids is 1. The van der Waals surface area contributed by atoms with Gasteiger partial charge in [-0.2, -0.15) is 0 Å². The van der Waals surface area contributed by atoms with Crippen molar-refractivity contribution in [2.24, 2.45) is 17.8 Å². The third-order valence-corrected chi connectivity index (χ3v) is 3.60. The van der Waals surface area contributed by atoms with Crippen LogP contribution in [0.15, 0.2) is 0 Å². The molecule has 0 bridgehead atoms. The molecule has 80 valence electrons. The van der Waals surface area contributed by atoms with E-state index in [4.69, 9.17) is 0 Å². The van der Waals surface area contributed by atoms with Crippen LogP contribution >= 0.6 is 0 Å². The summed E-state index contributed by atoms with van der Waals surface area (Å²) in [5.41, 5.74) is 0. The zero-order chi connectivity index (χ0) is 10.1. The van der Waals surface area contributed by atoms with Crippen molar-refractivity contribution >= 4 is 5.91 Å². The summed E-state index contributed by atoms with van der Waals surface area (Å²) in [5, 5.41) is 12.5. The Hall–Kier alpha value is -0.570. The minimum atomic E-state index is -0.188. The summed E-state index contributed by atoms with van der Waals surface area (Å²) < 4.78 is 0. The normalized spacial score (nSPS) is 41.0. The molecule has 3 heteroatoms. The molecular weight excluding hydrogens is 178 g/mol. The zero-order valence-corrected chi connectivity index (χ0v) is 8.70. The maximum absolute atomic E-state index is 11.5. The number of rotatable bonds is 3. The van der Waals surface area contributed by atoms with Gasteiger partial charge >= 0.3 is 0 Å². The molecule has 2 rings (SSSR count). The summed E-state index contributed by atoms with van der Waals surface area (Å²) >= 11 is 0. The standard InChI is InChI=1S/C11H19NO2/c1-7-5-9(7)11(14)12-6-8-3-2-4-10(8)13/h7-10,13H,2-6H2,1H3,(H,12,14). The largest absolute Gasteiger partial charge is 0.393 e. The Bertz CT molecular complexity index is 229. The molecule has 1 amide bonds. The number of hydrogen-bond acceptors (Lipinski definition) is 2. The molecule has 0 saturated heterocycles. The molecule has 2 saturated carbocycles. The summed E-state index contributed by atoms with van der Waals surface area (Å²) in [6.07, 6.45) is 3.91. The predicted octanol–water partition coefficient (Wildman–Crippen LogP) is 0.920. The molecule has 4 atom stereocenters. The molecule has 2 fully saturated rings. The van der Waals surface area contributed by atoms with Crippen LogP contribution in [0.25, 0.3) is 0 Å². The first kappa shape index (κ1) is 9.97. The smallest absolute Gasteiger partial charge is 0.223 e. The Labute approximate surface area is 84.9 Å². The van der Waals surface area contributed by atoms with Crippen LogP contribution in [0.3, 0.4) is 0 Å². The molecule has 3 nitrogen and oxygen atoms in total. The molecule has 0 aromatic carbocycles. The van der Waals surface area contributed by atoms with Crippen LogP contribution in [0.4, 0.5) is 0 Å². The molecule has 0 aromatic rings. The van der Waals surface area contributed by atoms with Crippen LogP contribution < -0.4 is 5.32 Å². The first-order chi connectivity index (χ1) is 6.68. The summed E-state index contributed by atoms with van der Waals surface area (Å²) in [7, 11) is 0. The third kappa shape index (κ3) is 2.08. The predicted molar refractivity (Wildman–Crippen MR) is 53.6 cm³/mol. The van der Waals surface area contributed by atoms with Crippen molar-refractivity contribution < 1.29 is 9.90 Å². The molecule has 2 aliphatic carbocycles. The van der Waals surface area contributed by atoms with Crippen molar-refractivity contribution in [2.75, 3.05) is 6.54 Å². The molecule has 2 aliphatic rings. The summed E-state index contributed by atoms with van der Waals surface area (Å²) in [6, 6.07) is 0. The summed E-state index contributed by atoms with van der Waals surface area (Å²) in [6.45, 7) is 2.78. The van der Waals surface area contributed by atoms with Crippen LogP contribution in [-0.4, -0.2) is 23.7 Å². The maximum Gasteiger partial charge on any atom is 0.223 e. The average Bonchev–Trinajstić information content (AvgIpc) is 2.74. The van der Waals surface area contributed by atoms with E-state index in [0.717, 1.165) is 25.7 Å². The van der Waals surface area contributed by atoms with E-state index in [1.807, 2.05) is 0 Å². The van der Waals surface area contributed by atoms with Crippen LogP contribution in [0, 0.1) is 17.8 Å². The lowest BCUT2D eigenvalue weighted by atomic mass is 10.1. The van der Waals surface area contributed by atoms with Crippen molar-refractivity contribution in [1.82, 2.24) is 5.32 Å². The van der Waals surface area contributed by atoms with E-state index in [0.29, 0.717) is 18.4 Å². The second kappa shape index (κ2) is 3.89. The molecule has 0 aliphatic heterocycles. The fraction of sp³-hybridized carbons (Fsp3) is 0.909.